The van der Waals surface area contributed by atoms with Gasteiger partial charge in [-0.25, -0.2) is 9.67 Å². The standard InChI is InChI=1S/C24H24N6O/c1-28-11-13-29(14-12-28)24(31)20-15-22(19-5-3-2-4-6-19)27-23-21(20)16-26-30(23)17-18-7-9-25-10-8-18/h2-10,15-16H,11-14,17H2,1H3. The number of fused-ring (bicyclic) bond motifs is 1. The molecule has 3 aromatic heterocycles. The van der Waals surface area contributed by atoms with Crippen molar-refractivity contribution in [3.05, 3.63) is 78.2 Å². The molecule has 4 heterocycles. The minimum absolute atomic E-state index is 0.0427. The van der Waals surface area contributed by atoms with Crippen molar-refractivity contribution in [2.75, 3.05) is 33.2 Å². The molecule has 0 spiro atoms. The van der Waals surface area contributed by atoms with E-state index in [9.17, 15) is 4.79 Å². The van der Waals surface area contributed by atoms with E-state index in [1.54, 1.807) is 18.6 Å². The summed E-state index contributed by atoms with van der Waals surface area (Å²) in [7, 11) is 2.09. The van der Waals surface area contributed by atoms with Crippen LogP contribution < -0.4 is 0 Å². The van der Waals surface area contributed by atoms with Gasteiger partial charge in [-0.15, -0.1) is 0 Å². The normalized spacial score (nSPS) is 14.8. The summed E-state index contributed by atoms with van der Waals surface area (Å²) >= 11 is 0. The maximum atomic E-state index is 13.5. The molecule has 0 aliphatic carbocycles. The fourth-order valence-corrected chi connectivity index (χ4v) is 3.94. The third-order valence-corrected chi connectivity index (χ3v) is 5.78. The Morgan fingerprint density at radius 1 is 1.00 bits per heavy atom. The van der Waals surface area contributed by atoms with Crippen molar-refractivity contribution in [3.63, 3.8) is 0 Å². The minimum Gasteiger partial charge on any atom is -0.336 e. The molecule has 1 amide bonds. The Kier molecular flexibility index (Phi) is 5.18. The maximum absolute atomic E-state index is 13.5. The van der Waals surface area contributed by atoms with E-state index in [0.717, 1.165) is 54.0 Å². The SMILES string of the molecule is CN1CCN(C(=O)c2cc(-c3ccccc3)nc3c2cnn3Cc2ccncc2)CC1. The molecule has 1 aromatic carbocycles. The molecule has 0 atom stereocenters. The first kappa shape index (κ1) is 19.4. The molecule has 0 N–H and O–H groups in total. The Morgan fingerprint density at radius 2 is 1.74 bits per heavy atom. The summed E-state index contributed by atoms with van der Waals surface area (Å²) in [6.07, 6.45) is 5.31. The molecule has 1 aliphatic rings. The van der Waals surface area contributed by atoms with Crippen LogP contribution in [0.1, 0.15) is 15.9 Å². The summed E-state index contributed by atoms with van der Waals surface area (Å²) in [4.78, 5) is 26.7. The molecule has 0 unspecified atom stereocenters. The van der Waals surface area contributed by atoms with E-state index in [-0.39, 0.29) is 5.91 Å². The second kappa shape index (κ2) is 8.28. The minimum atomic E-state index is 0.0427. The summed E-state index contributed by atoms with van der Waals surface area (Å²) in [5.74, 6) is 0.0427. The van der Waals surface area contributed by atoms with E-state index in [0.29, 0.717) is 12.1 Å². The summed E-state index contributed by atoms with van der Waals surface area (Å²) < 4.78 is 1.86. The van der Waals surface area contributed by atoms with Crippen LogP contribution in [0, 0.1) is 0 Å². The highest BCUT2D eigenvalue weighted by molar-refractivity contribution is 6.06. The van der Waals surface area contributed by atoms with Crippen molar-refractivity contribution in [2.45, 2.75) is 6.54 Å². The number of aromatic nitrogens is 4. The summed E-state index contributed by atoms with van der Waals surface area (Å²) in [6, 6.07) is 15.8. The third-order valence-electron chi connectivity index (χ3n) is 5.78. The molecule has 1 fully saturated rings. The molecule has 1 saturated heterocycles. The molecule has 4 aromatic rings. The maximum Gasteiger partial charge on any atom is 0.254 e. The number of carbonyl (C=O) groups is 1. The zero-order chi connectivity index (χ0) is 21.2. The number of carbonyl (C=O) groups excluding carboxylic acids is 1. The van der Waals surface area contributed by atoms with Gasteiger partial charge >= 0.3 is 0 Å². The van der Waals surface area contributed by atoms with Gasteiger partial charge in [0, 0.05) is 44.1 Å². The smallest absolute Gasteiger partial charge is 0.254 e. The Morgan fingerprint density at radius 3 is 2.48 bits per heavy atom. The lowest BCUT2D eigenvalue weighted by atomic mass is 10.1. The Balaban J connectivity index is 1.60. The summed E-state index contributed by atoms with van der Waals surface area (Å²) in [5, 5.41) is 5.37. The number of rotatable bonds is 4. The third kappa shape index (κ3) is 3.92. The van der Waals surface area contributed by atoms with Crippen molar-refractivity contribution in [1.82, 2.24) is 29.5 Å². The van der Waals surface area contributed by atoms with E-state index in [4.69, 9.17) is 4.98 Å². The molecule has 7 nitrogen and oxygen atoms in total. The second-order valence-corrected chi connectivity index (χ2v) is 7.91. The van der Waals surface area contributed by atoms with Crippen molar-refractivity contribution in [2.24, 2.45) is 0 Å². The van der Waals surface area contributed by atoms with Gasteiger partial charge in [-0.3, -0.25) is 9.78 Å². The predicted molar refractivity (Wildman–Crippen MR) is 120 cm³/mol. The second-order valence-electron chi connectivity index (χ2n) is 7.91. The van der Waals surface area contributed by atoms with Gasteiger partial charge in [0.25, 0.3) is 5.91 Å². The van der Waals surface area contributed by atoms with E-state index in [1.807, 2.05) is 58.1 Å². The zero-order valence-corrected chi connectivity index (χ0v) is 17.5. The van der Waals surface area contributed by atoms with Crippen LogP contribution in [-0.4, -0.2) is 68.7 Å². The van der Waals surface area contributed by atoms with Crippen LogP contribution in [-0.2, 0) is 6.54 Å². The average Bonchev–Trinajstić information content (AvgIpc) is 3.22. The molecule has 7 heteroatoms. The summed E-state index contributed by atoms with van der Waals surface area (Å²) in [6.45, 7) is 3.79. The lowest BCUT2D eigenvalue weighted by Crippen LogP contribution is -2.47. The van der Waals surface area contributed by atoms with Gasteiger partial charge < -0.3 is 9.80 Å². The Bertz CT molecular complexity index is 1200. The number of piperazine rings is 1. The van der Waals surface area contributed by atoms with E-state index < -0.39 is 0 Å². The van der Waals surface area contributed by atoms with Crippen molar-refractivity contribution >= 4 is 16.9 Å². The number of likely N-dealkylation sites (N-methyl/N-ethyl adjacent to an activating group) is 1. The lowest BCUT2D eigenvalue weighted by Gasteiger charge is -2.32. The summed E-state index contributed by atoms with van der Waals surface area (Å²) in [5.41, 5.74) is 4.22. The number of hydrogen-bond donors (Lipinski definition) is 0. The molecule has 0 radical (unpaired) electrons. The van der Waals surface area contributed by atoms with Gasteiger partial charge in [-0.1, -0.05) is 30.3 Å². The highest BCUT2D eigenvalue weighted by Crippen LogP contribution is 2.26. The first-order valence-corrected chi connectivity index (χ1v) is 10.5. The van der Waals surface area contributed by atoms with Crippen LogP contribution in [0.15, 0.2) is 67.1 Å². The fraction of sp³-hybridized carbons (Fsp3) is 0.250. The quantitative estimate of drug-likeness (QED) is 0.516. The Hall–Kier alpha value is -3.58. The lowest BCUT2D eigenvalue weighted by molar-refractivity contribution is 0.0666. The molecule has 0 saturated carbocycles. The van der Waals surface area contributed by atoms with Gasteiger partial charge in [0.05, 0.1) is 29.4 Å². The number of nitrogens with zero attached hydrogens (tertiary/aromatic N) is 6. The van der Waals surface area contributed by atoms with Crippen molar-refractivity contribution in [3.8, 4) is 11.3 Å². The van der Waals surface area contributed by atoms with Gasteiger partial charge in [-0.05, 0) is 30.8 Å². The van der Waals surface area contributed by atoms with Crippen LogP contribution in [0.3, 0.4) is 0 Å². The van der Waals surface area contributed by atoms with E-state index in [1.165, 1.54) is 0 Å². The predicted octanol–water partition coefficient (Wildman–Crippen LogP) is 2.93. The van der Waals surface area contributed by atoms with Gasteiger partial charge in [0.2, 0.25) is 0 Å². The van der Waals surface area contributed by atoms with Crippen LogP contribution in [0.4, 0.5) is 0 Å². The van der Waals surface area contributed by atoms with Crippen LogP contribution in [0.25, 0.3) is 22.3 Å². The fourth-order valence-electron chi connectivity index (χ4n) is 3.94. The topological polar surface area (TPSA) is 67.2 Å². The molecular weight excluding hydrogens is 388 g/mol. The highest BCUT2D eigenvalue weighted by atomic mass is 16.2. The zero-order valence-electron chi connectivity index (χ0n) is 17.5. The average molecular weight is 412 g/mol. The van der Waals surface area contributed by atoms with Crippen molar-refractivity contribution in [1.29, 1.82) is 0 Å². The van der Waals surface area contributed by atoms with Gasteiger partial charge in [-0.2, -0.15) is 5.10 Å². The van der Waals surface area contributed by atoms with Crippen LogP contribution in [0.2, 0.25) is 0 Å². The molecule has 5 rings (SSSR count). The molecular formula is C24H24N6O. The molecule has 31 heavy (non-hydrogen) atoms. The monoisotopic (exact) mass is 412 g/mol. The molecule has 0 bridgehead atoms. The van der Waals surface area contributed by atoms with Gasteiger partial charge in [0.1, 0.15) is 0 Å². The number of amides is 1. The number of pyridine rings is 2. The van der Waals surface area contributed by atoms with E-state index >= 15 is 0 Å². The first-order valence-electron chi connectivity index (χ1n) is 10.5. The van der Waals surface area contributed by atoms with Crippen LogP contribution >= 0.6 is 0 Å². The van der Waals surface area contributed by atoms with Crippen molar-refractivity contribution < 1.29 is 4.79 Å². The van der Waals surface area contributed by atoms with Gasteiger partial charge in [0.15, 0.2) is 5.65 Å². The largest absolute Gasteiger partial charge is 0.336 e. The molecule has 156 valence electrons. The number of hydrogen-bond acceptors (Lipinski definition) is 5. The Labute approximate surface area is 181 Å². The highest BCUT2D eigenvalue weighted by Gasteiger charge is 2.24. The van der Waals surface area contributed by atoms with E-state index in [2.05, 4.69) is 22.0 Å². The van der Waals surface area contributed by atoms with Crippen LogP contribution in [0.5, 0.6) is 0 Å². The number of benzene rings is 1. The first-order chi connectivity index (χ1) is 15.2. The molecule has 1 aliphatic heterocycles.